The van der Waals surface area contributed by atoms with E-state index in [1.54, 1.807) is 49.4 Å². The van der Waals surface area contributed by atoms with Crippen LogP contribution in [-0.4, -0.2) is 29.6 Å². The zero-order valence-electron chi connectivity index (χ0n) is 13.2. The summed E-state index contributed by atoms with van der Waals surface area (Å²) >= 11 is 5.89. The number of carbonyl (C=O) groups excluding carboxylic acids is 2. The summed E-state index contributed by atoms with van der Waals surface area (Å²) in [5.41, 5.74) is 1.44. The Morgan fingerprint density at radius 3 is 2.58 bits per heavy atom. The van der Waals surface area contributed by atoms with Gasteiger partial charge in [0.05, 0.1) is 6.04 Å². The topological polar surface area (TPSA) is 69.6 Å². The van der Waals surface area contributed by atoms with Crippen molar-refractivity contribution in [1.29, 1.82) is 0 Å². The second-order valence-electron chi connectivity index (χ2n) is 5.38. The first kappa shape index (κ1) is 18.0. The third-order valence-corrected chi connectivity index (χ3v) is 3.92. The summed E-state index contributed by atoms with van der Waals surface area (Å²) < 4.78 is 0. The zero-order chi connectivity index (χ0) is 17.5. The molecule has 0 aliphatic heterocycles. The van der Waals surface area contributed by atoms with Crippen molar-refractivity contribution < 1.29 is 14.7 Å². The summed E-state index contributed by atoms with van der Waals surface area (Å²) in [6, 6.07) is 15.2. The SMILES string of the molecule is CC(C(O)C(=O)NCc1cccc(Cl)c1)N(C=O)c1ccccc1. The number of nitrogens with one attached hydrogen (secondary N) is 1. The lowest BCUT2D eigenvalue weighted by Gasteiger charge is -2.28. The van der Waals surface area contributed by atoms with Gasteiger partial charge >= 0.3 is 0 Å². The summed E-state index contributed by atoms with van der Waals surface area (Å²) in [5.74, 6) is -0.551. The van der Waals surface area contributed by atoms with E-state index in [2.05, 4.69) is 5.32 Å². The van der Waals surface area contributed by atoms with Crippen LogP contribution in [0.5, 0.6) is 0 Å². The Hall–Kier alpha value is -2.37. The number of benzene rings is 2. The van der Waals surface area contributed by atoms with Gasteiger partial charge in [-0.25, -0.2) is 0 Å². The van der Waals surface area contributed by atoms with Crippen molar-refractivity contribution >= 4 is 29.6 Å². The summed E-state index contributed by atoms with van der Waals surface area (Å²) in [6.45, 7) is 1.86. The third kappa shape index (κ3) is 4.57. The molecule has 126 valence electrons. The van der Waals surface area contributed by atoms with E-state index in [1.165, 1.54) is 4.90 Å². The maximum Gasteiger partial charge on any atom is 0.251 e. The van der Waals surface area contributed by atoms with Crippen LogP contribution in [0.3, 0.4) is 0 Å². The molecule has 2 aromatic rings. The fourth-order valence-corrected chi connectivity index (χ4v) is 2.52. The highest BCUT2D eigenvalue weighted by Crippen LogP contribution is 2.16. The van der Waals surface area contributed by atoms with Crippen LogP contribution in [-0.2, 0) is 16.1 Å². The molecule has 0 aliphatic rings. The second-order valence-corrected chi connectivity index (χ2v) is 5.82. The maximum absolute atomic E-state index is 12.2. The average Bonchev–Trinajstić information content (AvgIpc) is 2.60. The van der Waals surface area contributed by atoms with Gasteiger partial charge in [0.15, 0.2) is 6.10 Å². The van der Waals surface area contributed by atoms with E-state index in [1.807, 2.05) is 12.1 Å². The molecule has 0 saturated heterocycles. The highest BCUT2D eigenvalue weighted by Gasteiger charge is 2.27. The van der Waals surface area contributed by atoms with Gasteiger partial charge in [-0.2, -0.15) is 0 Å². The first-order valence-corrected chi connectivity index (χ1v) is 7.89. The minimum atomic E-state index is -1.35. The van der Waals surface area contributed by atoms with Crippen LogP contribution in [0.1, 0.15) is 12.5 Å². The Bertz CT molecular complexity index is 694. The number of para-hydroxylation sites is 1. The predicted molar refractivity (Wildman–Crippen MR) is 93.8 cm³/mol. The first-order valence-electron chi connectivity index (χ1n) is 7.52. The Kier molecular flexibility index (Phi) is 6.35. The molecule has 0 aromatic heterocycles. The normalized spacial score (nSPS) is 13.0. The highest BCUT2D eigenvalue weighted by molar-refractivity contribution is 6.30. The van der Waals surface area contributed by atoms with Crippen LogP contribution in [0.25, 0.3) is 0 Å². The van der Waals surface area contributed by atoms with Gasteiger partial charge in [-0.3, -0.25) is 9.59 Å². The fourth-order valence-electron chi connectivity index (χ4n) is 2.30. The molecule has 0 spiro atoms. The van der Waals surface area contributed by atoms with Crippen molar-refractivity contribution in [2.45, 2.75) is 25.6 Å². The standard InChI is InChI=1S/C18H19ClN2O3/c1-13(21(12-22)16-8-3-2-4-9-16)17(23)18(24)20-11-14-6-5-7-15(19)10-14/h2-10,12-13,17,23H,11H2,1H3,(H,20,24). The molecule has 5 nitrogen and oxygen atoms in total. The number of amides is 2. The van der Waals surface area contributed by atoms with Crippen molar-refractivity contribution in [3.8, 4) is 0 Å². The van der Waals surface area contributed by atoms with Crippen LogP contribution < -0.4 is 10.2 Å². The largest absolute Gasteiger partial charge is 0.381 e. The number of hydrogen-bond donors (Lipinski definition) is 2. The molecule has 24 heavy (non-hydrogen) atoms. The van der Waals surface area contributed by atoms with E-state index < -0.39 is 18.1 Å². The molecule has 2 unspecified atom stereocenters. The van der Waals surface area contributed by atoms with E-state index in [4.69, 9.17) is 11.6 Å². The van der Waals surface area contributed by atoms with Crippen LogP contribution in [0, 0.1) is 0 Å². The second kappa shape index (κ2) is 8.47. The lowest BCUT2D eigenvalue weighted by molar-refractivity contribution is -0.130. The highest BCUT2D eigenvalue weighted by atomic mass is 35.5. The molecule has 0 heterocycles. The Morgan fingerprint density at radius 1 is 1.25 bits per heavy atom. The van der Waals surface area contributed by atoms with E-state index in [0.717, 1.165) is 5.56 Å². The predicted octanol–water partition coefficient (Wildman–Crippen LogP) is 2.37. The van der Waals surface area contributed by atoms with Crippen molar-refractivity contribution in [3.63, 3.8) is 0 Å². The fraction of sp³-hybridized carbons (Fsp3) is 0.222. The van der Waals surface area contributed by atoms with Gasteiger partial charge in [0.25, 0.3) is 5.91 Å². The third-order valence-electron chi connectivity index (χ3n) is 3.69. The lowest BCUT2D eigenvalue weighted by Crippen LogP contribution is -2.48. The van der Waals surface area contributed by atoms with Crippen LogP contribution >= 0.6 is 11.6 Å². The van der Waals surface area contributed by atoms with Gasteiger partial charge in [0.2, 0.25) is 6.41 Å². The Labute approximate surface area is 145 Å². The Balaban J connectivity index is 1.99. The van der Waals surface area contributed by atoms with Crippen molar-refractivity contribution in [3.05, 3.63) is 65.2 Å². The minimum Gasteiger partial charge on any atom is -0.381 e. The molecule has 2 atom stereocenters. The molecule has 0 radical (unpaired) electrons. The maximum atomic E-state index is 12.2. The van der Waals surface area contributed by atoms with Crippen molar-refractivity contribution in [2.24, 2.45) is 0 Å². The van der Waals surface area contributed by atoms with Gasteiger partial charge < -0.3 is 15.3 Å². The molecule has 0 fully saturated rings. The summed E-state index contributed by atoms with van der Waals surface area (Å²) in [7, 11) is 0. The minimum absolute atomic E-state index is 0.246. The number of anilines is 1. The van der Waals surface area contributed by atoms with Gasteiger partial charge in [-0.15, -0.1) is 0 Å². The van der Waals surface area contributed by atoms with E-state index in [0.29, 0.717) is 17.1 Å². The van der Waals surface area contributed by atoms with Gasteiger partial charge in [-0.1, -0.05) is 41.9 Å². The first-order chi connectivity index (χ1) is 11.5. The number of aliphatic hydroxyl groups excluding tert-OH is 1. The molecule has 0 bridgehead atoms. The number of aliphatic hydroxyl groups is 1. The van der Waals surface area contributed by atoms with Gasteiger partial charge in [-0.05, 0) is 36.8 Å². The molecular weight excluding hydrogens is 328 g/mol. The van der Waals surface area contributed by atoms with Crippen LogP contribution in [0.4, 0.5) is 5.69 Å². The monoisotopic (exact) mass is 346 g/mol. The molecular formula is C18H19ClN2O3. The van der Waals surface area contributed by atoms with E-state index >= 15 is 0 Å². The van der Waals surface area contributed by atoms with Crippen molar-refractivity contribution in [2.75, 3.05) is 4.90 Å². The number of nitrogens with zero attached hydrogens (tertiary/aromatic N) is 1. The van der Waals surface area contributed by atoms with E-state index in [-0.39, 0.29) is 6.54 Å². The van der Waals surface area contributed by atoms with Crippen LogP contribution in [0.15, 0.2) is 54.6 Å². The molecule has 6 heteroatoms. The van der Waals surface area contributed by atoms with E-state index in [9.17, 15) is 14.7 Å². The summed E-state index contributed by atoms with van der Waals surface area (Å²) in [5, 5.41) is 13.5. The Morgan fingerprint density at radius 2 is 1.96 bits per heavy atom. The number of hydrogen-bond acceptors (Lipinski definition) is 3. The molecule has 2 rings (SSSR count). The number of halogens is 1. The average molecular weight is 347 g/mol. The molecule has 2 aromatic carbocycles. The van der Waals surface area contributed by atoms with Gasteiger partial charge in [0, 0.05) is 17.3 Å². The van der Waals surface area contributed by atoms with Gasteiger partial charge in [0.1, 0.15) is 0 Å². The molecule has 2 N–H and O–H groups in total. The number of rotatable bonds is 7. The number of carbonyl (C=O) groups is 2. The summed E-state index contributed by atoms with van der Waals surface area (Å²) in [4.78, 5) is 24.8. The lowest BCUT2D eigenvalue weighted by atomic mass is 10.1. The van der Waals surface area contributed by atoms with Crippen molar-refractivity contribution in [1.82, 2.24) is 5.32 Å². The molecule has 0 saturated carbocycles. The molecule has 2 amide bonds. The summed E-state index contributed by atoms with van der Waals surface area (Å²) in [6.07, 6.45) is -0.748. The quantitative estimate of drug-likeness (QED) is 0.756. The van der Waals surface area contributed by atoms with Crippen LogP contribution in [0.2, 0.25) is 5.02 Å². The molecule has 0 aliphatic carbocycles. The zero-order valence-corrected chi connectivity index (χ0v) is 14.0. The smallest absolute Gasteiger partial charge is 0.251 e.